The maximum absolute atomic E-state index is 12.8. The van der Waals surface area contributed by atoms with Crippen LogP contribution in [0.4, 0.5) is 5.13 Å². The summed E-state index contributed by atoms with van der Waals surface area (Å²) in [7, 11) is 0. The van der Waals surface area contributed by atoms with Gasteiger partial charge in [0.15, 0.2) is 10.9 Å². The van der Waals surface area contributed by atoms with Gasteiger partial charge in [-0.05, 0) is 37.1 Å². The van der Waals surface area contributed by atoms with Crippen molar-refractivity contribution in [1.29, 1.82) is 0 Å². The molecule has 3 aromatic rings. The number of anilines is 1. The average molecular weight is 394 g/mol. The van der Waals surface area contributed by atoms with E-state index in [-0.39, 0.29) is 11.7 Å². The summed E-state index contributed by atoms with van der Waals surface area (Å²) < 4.78 is 1.22. The quantitative estimate of drug-likeness (QED) is 0.628. The number of aromatic nitrogens is 1. The summed E-state index contributed by atoms with van der Waals surface area (Å²) in [6.07, 6.45) is 0.977. The van der Waals surface area contributed by atoms with Crippen molar-refractivity contribution in [2.75, 3.05) is 31.1 Å². The van der Waals surface area contributed by atoms with Crippen LogP contribution in [-0.2, 0) is 6.42 Å². The minimum Gasteiger partial charge on any atom is -0.345 e. The summed E-state index contributed by atoms with van der Waals surface area (Å²) in [5.74, 6) is 0.0296. The van der Waals surface area contributed by atoms with E-state index in [4.69, 9.17) is 4.98 Å². The lowest BCUT2D eigenvalue weighted by atomic mass is 10.1. The number of fused-ring (bicyclic) bond motifs is 1. The van der Waals surface area contributed by atoms with Gasteiger partial charge in [-0.1, -0.05) is 42.5 Å². The van der Waals surface area contributed by atoms with Crippen molar-refractivity contribution in [3.8, 4) is 0 Å². The molecule has 0 saturated carbocycles. The van der Waals surface area contributed by atoms with E-state index in [2.05, 4.69) is 30.0 Å². The first-order valence-corrected chi connectivity index (χ1v) is 10.4. The molecule has 0 bridgehead atoms. The van der Waals surface area contributed by atoms with Crippen molar-refractivity contribution in [1.82, 2.24) is 9.88 Å². The van der Waals surface area contributed by atoms with Crippen LogP contribution in [0.25, 0.3) is 10.2 Å². The largest absolute Gasteiger partial charge is 0.345 e. The Morgan fingerprint density at radius 2 is 1.68 bits per heavy atom. The third-order valence-electron chi connectivity index (χ3n) is 5.25. The second-order valence-corrected chi connectivity index (χ2v) is 8.04. The Hall–Kier alpha value is -2.73. The van der Waals surface area contributed by atoms with Crippen LogP contribution in [0.3, 0.4) is 0 Å². The molecule has 28 heavy (non-hydrogen) atoms. The Morgan fingerprint density at radius 3 is 2.32 bits per heavy atom. The van der Waals surface area contributed by atoms with Crippen LogP contribution in [-0.4, -0.2) is 47.8 Å². The summed E-state index contributed by atoms with van der Waals surface area (Å²) in [4.78, 5) is 33.2. The number of hydrogen-bond donors (Lipinski definition) is 0. The minimum absolute atomic E-state index is 0.00896. The van der Waals surface area contributed by atoms with E-state index >= 15 is 0 Å². The molecule has 5 nitrogen and oxygen atoms in total. The number of piperazine rings is 1. The molecule has 2 aromatic carbocycles. The topological polar surface area (TPSA) is 53.5 Å². The van der Waals surface area contributed by atoms with Crippen LogP contribution < -0.4 is 4.90 Å². The molecule has 0 radical (unpaired) electrons. The first-order valence-electron chi connectivity index (χ1n) is 9.60. The SMILES string of the molecule is CCc1cccc2sc(N3CCN(C(=O)c4ccc(C(C)=O)cc4)CC3)nc12. The fourth-order valence-electron chi connectivity index (χ4n) is 3.55. The number of aryl methyl sites for hydroxylation is 1. The smallest absolute Gasteiger partial charge is 0.253 e. The molecule has 6 heteroatoms. The number of thiazole rings is 1. The second-order valence-electron chi connectivity index (χ2n) is 7.03. The van der Waals surface area contributed by atoms with Gasteiger partial charge in [0.25, 0.3) is 5.91 Å². The van der Waals surface area contributed by atoms with E-state index in [1.165, 1.54) is 17.2 Å². The van der Waals surface area contributed by atoms with E-state index in [1.54, 1.807) is 35.6 Å². The molecule has 1 aliphatic rings. The van der Waals surface area contributed by atoms with Crippen LogP contribution in [0.1, 0.15) is 40.1 Å². The van der Waals surface area contributed by atoms with Gasteiger partial charge in [-0.15, -0.1) is 0 Å². The van der Waals surface area contributed by atoms with E-state index in [9.17, 15) is 9.59 Å². The Kier molecular flexibility index (Phi) is 5.13. The predicted molar refractivity (Wildman–Crippen MR) is 114 cm³/mol. The molecule has 1 amide bonds. The molecule has 1 saturated heterocycles. The highest BCUT2D eigenvalue weighted by molar-refractivity contribution is 7.22. The molecule has 4 rings (SSSR count). The second kappa shape index (κ2) is 7.72. The van der Waals surface area contributed by atoms with Gasteiger partial charge in [-0.3, -0.25) is 9.59 Å². The number of ketones is 1. The molecule has 2 heterocycles. The first kappa shape index (κ1) is 18.6. The summed E-state index contributed by atoms with van der Waals surface area (Å²) in [6, 6.07) is 13.3. The van der Waals surface area contributed by atoms with Gasteiger partial charge in [0.1, 0.15) is 0 Å². The number of Topliss-reactive ketones (excluding diaryl/α,β-unsaturated/α-hetero) is 1. The van der Waals surface area contributed by atoms with Crippen molar-refractivity contribution in [3.05, 3.63) is 59.2 Å². The minimum atomic E-state index is 0.00896. The highest BCUT2D eigenvalue weighted by Gasteiger charge is 2.24. The van der Waals surface area contributed by atoms with Crippen LogP contribution in [0, 0.1) is 0 Å². The highest BCUT2D eigenvalue weighted by Crippen LogP contribution is 2.31. The molecule has 0 unspecified atom stereocenters. The normalized spacial score (nSPS) is 14.5. The molecule has 0 aliphatic carbocycles. The Labute approximate surface area is 168 Å². The van der Waals surface area contributed by atoms with Gasteiger partial charge in [0, 0.05) is 37.3 Å². The van der Waals surface area contributed by atoms with E-state index in [1.807, 2.05) is 4.90 Å². The van der Waals surface area contributed by atoms with Crippen LogP contribution in [0.5, 0.6) is 0 Å². The Morgan fingerprint density at radius 1 is 1.00 bits per heavy atom. The number of hydrogen-bond acceptors (Lipinski definition) is 5. The lowest BCUT2D eigenvalue weighted by Gasteiger charge is -2.34. The van der Waals surface area contributed by atoms with Gasteiger partial charge in [0.05, 0.1) is 10.2 Å². The van der Waals surface area contributed by atoms with Crippen LogP contribution in [0.2, 0.25) is 0 Å². The number of para-hydroxylation sites is 1. The zero-order valence-electron chi connectivity index (χ0n) is 16.1. The summed E-state index contributed by atoms with van der Waals surface area (Å²) in [6.45, 7) is 6.58. The lowest BCUT2D eigenvalue weighted by molar-refractivity contribution is 0.0746. The molecule has 1 aliphatic heterocycles. The van der Waals surface area contributed by atoms with Gasteiger partial charge >= 0.3 is 0 Å². The maximum Gasteiger partial charge on any atom is 0.253 e. The highest BCUT2D eigenvalue weighted by atomic mass is 32.1. The van der Waals surface area contributed by atoms with Gasteiger partial charge in [-0.25, -0.2) is 4.98 Å². The van der Waals surface area contributed by atoms with E-state index in [0.717, 1.165) is 30.2 Å². The fraction of sp³-hybridized carbons (Fsp3) is 0.318. The molecular weight excluding hydrogens is 370 g/mol. The number of rotatable bonds is 4. The monoisotopic (exact) mass is 393 g/mol. The lowest BCUT2D eigenvalue weighted by Crippen LogP contribution is -2.48. The van der Waals surface area contributed by atoms with Crippen molar-refractivity contribution >= 4 is 38.4 Å². The van der Waals surface area contributed by atoms with Crippen molar-refractivity contribution < 1.29 is 9.59 Å². The van der Waals surface area contributed by atoms with Crippen molar-refractivity contribution in [2.45, 2.75) is 20.3 Å². The average Bonchev–Trinajstić information content (AvgIpc) is 3.18. The number of nitrogens with zero attached hydrogens (tertiary/aromatic N) is 3. The third-order valence-corrected chi connectivity index (χ3v) is 6.33. The van der Waals surface area contributed by atoms with Gasteiger partial charge < -0.3 is 9.80 Å². The molecule has 1 fully saturated rings. The summed E-state index contributed by atoms with van der Waals surface area (Å²) >= 11 is 1.72. The molecule has 0 spiro atoms. The van der Waals surface area contributed by atoms with Gasteiger partial charge in [0.2, 0.25) is 0 Å². The van der Waals surface area contributed by atoms with Gasteiger partial charge in [-0.2, -0.15) is 0 Å². The molecule has 0 N–H and O–H groups in total. The number of benzene rings is 2. The standard InChI is InChI=1S/C22H23N3O2S/c1-3-16-5-4-6-19-20(16)23-22(28-19)25-13-11-24(12-14-25)21(27)18-9-7-17(8-10-18)15(2)26/h4-10H,3,11-14H2,1-2H3. The number of amides is 1. The predicted octanol–water partition coefficient (Wildman–Crippen LogP) is 4.02. The molecule has 1 aromatic heterocycles. The van der Waals surface area contributed by atoms with Crippen molar-refractivity contribution in [3.63, 3.8) is 0 Å². The van der Waals surface area contributed by atoms with E-state index < -0.39 is 0 Å². The fourth-order valence-corrected chi connectivity index (χ4v) is 4.61. The third kappa shape index (κ3) is 3.52. The van der Waals surface area contributed by atoms with Crippen LogP contribution in [0.15, 0.2) is 42.5 Å². The van der Waals surface area contributed by atoms with Crippen molar-refractivity contribution in [2.24, 2.45) is 0 Å². The van der Waals surface area contributed by atoms with Crippen LogP contribution >= 0.6 is 11.3 Å². The Balaban J connectivity index is 1.44. The zero-order chi connectivity index (χ0) is 19.7. The number of carbonyl (C=O) groups is 2. The molecule has 144 valence electrons. The number of carbonyl (C=O) groups excluding carboxylic acids is 2. The first-order chi connectivity index (χ1) is 13.6. The summed E-state index contributed by atoms with van der Waals surface area (Å²) in [5.41, 5.74) is 3.64. The molecular formula is C22H23N3O2S. The zero-order valence-corrected chi connectivity index (χ0v) is 17.0. The maximum atomic E-state index is 12.8. The van der Waals surface area contributed by atoms with E-state index in [0.29, 0.717) is 24.2 Å². The Bertz CT molecular complexity index is 1020. The molecule has 0 atom stereocenters. The summed E-state index contributed by atoms with van der Waals surface area (Å²) in [5, 5.41) is 1.04.